The van der Waals surface area contributed by atoms with Gasteiger partial charge in [0.05, 0.1) is 15.6 Å². The number of para-hydroxylation sites is 1. The number of anilines is 2. The molecule has 1 heterocycles. The first-order chi connectivity index (χ1) is 16.0. The van der Waals surface area contributed by atoms with Crippen molar-refractivity contribution in [2.24, 2.45) is 11.8 Å². The molecule has 0 radical (unpaired) electrons. The van der Waals surface area contributed by atoms with Crippen LogP contribution >= 0.6 is 22.9 Å². The van der Waals surface area contributed by atoms with Crippen molar-refractivity contribution < 1.29 is 14.7 Å². The summed E-state index contributed by atoms with van der Waals surface area (Å²) in [6.45, 7) is 0. The minimum Gasteiger partial charge on any atom is -0.481 e. The van der Waals surface area contributed by atoms with Crippen molar-refractivity contribution in [3.8, 4) is 11.1 Å². The van der Waals surface area contributed by atoms with E-state index in [9.17, 15) is 14.7 Å². The van der Waals surface area contributed by atoms with Crippen molar-refractivity contribution in [1.82, 2.24) is 4.98 Å². The Balaban J connectivity index is 1.29. The maximum absolute atomic E-state index is 12.8. The summed E-state index contributed by atoms with van der Waals surface area (Å²) in [5, 5.41) is 14.1. The van der Waals surface area contributed by atoms with Crippen LogP contribution in [-0.2, 0) is 4.79 Å². The number of fused-ring (bicyclic) bond motifs is 1. The molecule has 166 valence electrons. The topological polar surface area (TPSA) is 79.3 Å². The zero-order valence-electron chi connectivity index (χ0n) is 17.6. The van der Waals surface area contributed by atoms with Crippen LogP contribution in [0.4, 0.5) is 10.8 Å². The molecule has 0 unspecified atom stereocenters. The highest BCUT2D eigenvalue weighted by molar-refractivity contribution is 7.22. The van der Waals surface area contributed by atoms with Crippen molar-refractivity contribution in [2.75, 3.05) is 5.32 Å². The van der Waals surface area contributed by atoms with E-state index in [1.807, 2.05) is 54.6 Å². The van der Waals surface area contributed by atoms with Gasteiger partial charge in [0.15, 0.2) is 10.9 Å². The smallest absolute Gasteiger partial charge is 0.307 e. The fourth-order valence-electron chi connectivity index (χ4n) is 4.45. The SMILES string of the molecule is O=C(O)[C@@H]1CCC[C@H]1C(=O)c1ccc(-c2ccc(Nc3nc4c(Cl)cccc4s3)cc2)cc1. The highest BCUT2D eigenvalue weighted by atomic mass is 35.5. The minimum absolute atomic E-state index is 0.0677. The maximum Gasteiger partial charge on any atom is 0.307 e. The number of halogens is 1. The number of hydrogen-bond donors (Lipinski definition) is 2. The number of thiazole rings is 1. The number of benzene rings is 3. The molecule has 1 aliphatic rings. The molecule has 0 aliphatic heterocycles. The summed E-state index contributed by atoms with van der Waals surface area (Å²) >= 11 is 7.77. The quantitative estimate of drug-likeness (QED) is 0.291. The highest BCUT2D eigenvalue weighted by Crippen LogP contribution is 2.35. The summed E-state index contributed by atoms with van der Waals surface area (Å²) in [6.07, 6.45) is 2.01. The zero-order valence-corrected chi connectivity index (χ0v) is 19.2. The number of aromatic nitrogens is 1. The number of Topliss-reactive ketones (excluding diaryl/α,β-unsaturated/α-hetero) is 1. The number of ketones is 1. The third-order valence-corrected chi connectivity index (χ3v) is 7.42. The van der Waals surface area contributed by atoms with Crippen LogP contribution in [-0.4, -0.2) is 21.8 Å². The first kappa shape index (κ1) is 21.6. The third kappa shape index (κ3) is 4.36. The normalized spacial score (nSPS) is 17.8. The summed E-state index contributed by atoms with van der Waals surface area (Å²) < 4.78 is 1.03. The van der Waals surface area contributed by atoms with Crippen LogP contribution in [0.25, 0.3) is 21.3 Å². The number of aliphatic carboxylic acids is 1. The van der Waals surface area contributed by atoms with Crippen molar-refractivity contribution >= 4 is 55.7 Å². The lowest BCUT2D eigenvalue weighted by atomic mass is 9.88. The van der Waals surface area contributed by atoms with E-state index in [0.29, 0.717) is 23.4 Å². The van der Waals surface area contributed by atoms with Crippen LogP contribution in [0, 0.1) is 11.8 Å². The number of carbonyl (C=O) groups excluding carboxylic acids is 1. The van der Waals surface area contributed by atoms with E-state index in [4.69, 9.17) is 11.6 Å². The second-order valence-electron chi connectivity index (χ2n) is 8.23. The fraction of sp³-hybridized carbons (Fsp3) is 0.192. The van der Waals surface area contributed by atoms with Crippen molar-refractivity contribution in [2.45, 2.75) is 19.3 Å². The van der Waals surface area contributed by atoms with Crippen molar-refractivity contribution in [3.05, 3.63) is 77.3 Å². The van der Waals surface area contributed by atoms with Gasteiger partial charge in [0.2, 0.25) is 0 Å². The molecule has 0 bridgehead atoms. The Morgan fingerprint density at radius 3 is 2.27 bits per heavy atom. The molecular formula is C26H21ClN2O3S. The average Bonchev–Trinajstić information content (AvgIpc) is 3.47. The molecule has 1 aromatic heterocycles. The van der Waals surface area contributed by atoms with E-state index >= 15 is 0 Å². The largest absolute Gasteiger partial charge is 0.481 e. The second kappa shape index (κ2) is 8.96. The van der Waals surface area contributed by atoms with Gasteiger partial charge >= 0.3 is 5.97 Å². The lowest BCUT2D eigenvalue weighted by Crippen LogP contribution is -2.25. The van der Waals surface area contributed by atoms with Crippen LogP contribution in [0.5, 0.6) is 0 Å². The molecule has 1 saturated carbocycles. The van der Waals surface area contributed by atoms with E-state index in [1.165, 1.54) is 0 Å². The Bertz CT molecular complexity index is 1330. The van der Waals surface area contributed by atoms with Crippen LogP contribution in [0.3, 0.4) is 0 Å². The van der Waals surface area contributed by atoms with Gasteiger partial charge in [-0.05, 0) is 48.2 Å². The monoisotopic (exact) mass is 476 g/mol. The number of carbonyl (C=O) groups is 2. The zero-order chi connectivity index (χ0) is 22.9. The predicted molar refractivity (Wildman–Crippen MR) is 133 cm³/mol. The minimum atomic E-state index is -0.870. The molecule has 3 aromatic carbocycles. The number of nitrogens with one attached hydrogen (secondary N) is 1. The molecule has 7 heteroatoms. The Morgan fingerprint density at radius 2 is 1.61 bits per heavy atom. The molecule has 1 aliphatic carbocycles. The number of carboxylic acids is 1. The second-order valence-corrected chi connectivity index (χ2v) is 9.67. The summed E-state index contributed by atoms with van der Waals surface area (Å²) in [4.78, 5) is 28.8. The van der Waals surface area contributed by atoms with Crippen molar-refractivity contribution in [1.29, 1.82) is 0 Å². The molecule has 2 N–H and O–H groups in total. The number of carboxylic acid groups (broad SMARTS) is 1. The lowest BCUT2D eigenvalue weighted by molar-refractivity contribution is -0.142. The maximum atomic E-state index is 12.8. The first-order valence-corrected chi connectivity index (χ1v) is 12.0. The molecule has 33 heavy (non-hydrogen) atoms. The average molecular weight is 477 g/mol. The Morgan fingerprint density at radius 1 is 0.939 bits per heavy atom. The third-order valence-electron chi connectivity index (χ3n) is 6.18. The predicted octanol–water partition coefficient (Wildman–Crippen LogP) is 7.04. The van der Waals surface area contributed by atoms with Gasteiger partial charge in [0.1, 0.15) is 5.52 Å². The van der Waals surface area contributed by atoms with E-state index in [2.05, 4.69) is 10.3 Å². The van der Waals surface area contributed by atoms with Crippen LogP contribution < -0.4 is 5.32 Å². The number of hydrogen-bond acceptors (Lipinski definition) is 5. The molecule has 1 fully saturated rings. The van der Waals surface area contributed by atoms with Gasteiger partial charge in [-0.15, -0.1) is 0 Å². The lowest BCUT2D eigenvalue weighted by Gasteiger charge is -2.14. The van der Waals surface area contributed by atoms with E-state index < -0.39 is 17.8 Å². The first-order valence-electron chi connectivity index (χ1n) is 10.8. The molecular weight excluding hydrogens is 456 g/mol. The molecule has 5 rings (SSSR count). The van der Waals surface area contributed by atoms with E-state index in [0.717, 1.165) is 38.6 Å². The summed E-state index contributed by atoms with van der Waals surface area (Å²) in [5.41, 5.74) is 4.30. The van der Waals surface area contributed by atoms with Gasteiger partial charge in [-0.1, -0.05) is 71.8 Å². The molecule has 0 spiro atoms. The Hall–Kier alpha value is -3.22. The Kier molecular flexibility index (Phi) is 5.87. The molecule has 4 aromatic rings. The van der Waals surface area contributed by atoms with Gasteiger partial charge in [-0.3, -0.25) is 9.59 Å². The van der Waals surface area contributed by atoms with Gasteiger partial charge in [-0.25, -0.2) is 4.98 Å². The van der Waals surface area contributed by atoms with Gasteiger partial charge in [0, 0.05) is 17.2 Å². The molecule has 0 saturated heterocycles. The highest BCUT2D eigenvalue weighted by Gasteiger charge is 2.37. The number of rotatable bonds is 6. The molecule has 2 atom stereocenters. The van der Waals surface area contributed by atoms with Gasteiger partial charge in [-0.2, -0.15) is 0 Å². The van der Waals surface area contributed by atoms with Crippen LogP contribution in [0.2, 0.25) is 5.02 Å². The van der Waals surface area contributed by atoms with Crippen LogP contribution in [0.1, 0.15) is 29.6 Å². The molecule has 5 nitrogen and oxygen atoms in total. The number of nitrogens with zero attached hydrogens (tertiary/aromatic N) is 1. The molecule has 0 amide bonds. The van der Waals surface area contributed by atoms with E-state index in [1.54, 1.807) is 23.5 Å². The van der Waals surface area contributed by atoms with Crippen LogP contribution in [0.15, 0.2) is 66.7 Å². The Labute approximate surface area is 200 Å². The summed E-state index contributed by atoms with van der Waals surface area (Å²) in [6, 6.07) is 21.2. The van der Waals surface area contributed by atoms with Gasteiger partial charge < -0.3 is 10.4 Å². The van der Waals surface area contributed by atoms with Gasteiger partial charge in [0.25, 0.3) is 0 Å². The fourth-order valence-corrected chi connectivity index (χ4v) is 5.63. The van der Waals surface area contributed by atoms with Crippen molar-refractivity contribution in [3.63, 3.8) is 0 Å². The summed E-state index contributed by atoms with van der Waals surface area (Å²) in [5.74, 6) is -1.92. The summed E-state index contributed by atoms with van der Waals surface area (Å²) in [7, 11) is 0. The van der Waals surface area contributed by atoms with E-state index in [-0.39, 0.29) is 5.78 Å². The standard InChI is InChI=1S/C26H21ClN2O3S/c27-21-5-2-6-22-23(21)29-26(33-22)28-18-13-11-16(12-14-18)15-7-9-17(10-8-15)24(30)19-3-1-4-20(19)25(31)32/h2,5-14,19-20H,1,3-4H2,(H,28,29)(H,31,32)/t19-,20-/m1/s1.